The van der Waals surface area contributed by atoms with Crippen LogP contribution < -0.4 is 11.5 Å². The monoisotopic (exact) mass is 394 g/mol. The summed E-state index contributed by atoms with van der Waals surface area (Å²) in [4.78, 5) is 0. The fourth-order valence-electron chi connectivity index (χ4n) is 4.04. The van der Waals surface area contributed by atoms with Crippen molar-refractivity contribution in [3.8, 4) is 0 Å². The van der Waals surface area contributed by atoms with Crippen molar-refractivity contribution in [3.05, 3.63) is 35.5 Å². The number of aliphatic hydroxyl groups is 2. The zero-order valence-corrected chi connectivity index (χ0v) is 19.0. The average Bonchev–Trinajstić information content (AvgIpc) is 2.65. The fraction of sp³-hybridized carbons (Fsp3) is 0.750. The molecule has 164 valence electrons. The molecule has 2 unspecified atom stereocenters. The molecule has 4 atom stereocenters. The van der Waals surface area contributed by atoms with Crippen LogP contribution in [0.5, 0.6) is 0 Å². The first-order valence-corrected chi connectivity index (χ1v) is 11.1. The van der Waals surface area contributed by atoms with Crippen molar-refractivity contribution in [2.75, 3.05) is 6.54 Å². The van der Waals surface area contributed by atoms with Crippen LogP contribution in [0.1, 0.15) is 79.6 Å². The van der Waals surface area contributed by atoms with Crippen LogP contribution in [0.4, 0.5) is 0 Å². The number of nitrogens with two attached hydrogens (primary N) is 2. The Labute approximate surface area is 173 Å². The Balaban J connectivity index is 5.64. The highest BCUT2D eigenvalue weighted by molar-refractivity contribution is 5.27. The van der Waals surface area contributed by atoms with Gasteiger partial charge in [-0.1, -0.05) is 63.5 Å². The van der Waals surface area contributed by atoms with Gasteiger partial charge in [-0.25, -0.2) is 0 Å². The van der Waals surface area contributed by atoms with E-state index in [9.17, 15) is 10.2 Å². The Morgan fingerprint density at radius 3 is 2.07 bits per heavy atom. The summed E-state index contributed by atoms with van der Waals surface area (Å²) >= 11 is 0. The van der Waals surface area contributed by atoms with Gasteiger partial charge in [-0.2, -0.15) is 0 Å². The summed E-state index contributed by atoms with van der Waals surface area (Å²) in [6.45, 7) is 14.7. The summed E-state index contributed by atoms with van der Waals surface area (Å²) in [5, 5.41) is 21.0. The Hall–Kier alpha value is -0.940. The second kappa shape index (κ2) is 15.0. The molecule has 0 aromatic heterocycles. The summed E-state index contributed by atoms with van der Waals surface area (Å²) in [6, 6.07) is -0.353. The molecular weight excluding hydrogens is 348 g/mol. The van der Waals surface area contributed by atoms with Crippen LogP contribution in [-0.4, -0.2) is 35.0 Å². The quantitative estimate of drug-likeness (QED) is 0.244. The zero-order valence-electron chi connectivity index (χ0n) is 19.0. The SMILES string of the molecule is C=C(C)[C@H](O)C(C(N)C/C(=C/C(=C\C)C(CCC)CCC)CCN)[C@H](O)CC. The van der Waals surface area contributed by atoms with E-state index in [1.165, 1.54) is 24.0 Å². The van der Waals surface area contributed by atoms with Crippen molar-refractivity contribution in [3.63, 3.8) is 0 Å². The van der Waals surface area contributed by atoms with Gasteiger partial charge in [-0.3, -0.25) is 0 Å². The van der Waals surface area contributed by atoms with Gasteiger partial charge < -0.3 is 21.7 Å². The lowest BCUT2D eigenvalue weighted by molar-refractivity contribution is 0.0143. The lowest BCUT2D eigenvalue weighted by atomic mass is 9.80. The normalized spacial score (nSPS) is 17.5. The van der Waals surface area contributed by atoms with Crippen molar-refractivity contribution in [2.45, 2.75) is 97.8 Å². The third kappa shape index (κ3) is 9.04. The minimum Gasteiger partial charge on any atom is -0.393 e. The van der Waals surface area contributed by atoms with Gasteiger partial charge in [-0.05, 0) is 64.0 Å². The summed E-state index contributed by atoms with van der Waals surface area (Å²) < 4.78 is 0. The topological polar surface area (TPSA) is 92.5 Å². The number of aliphatic hydroxyl groups excluding tert-OH is 2. The first-order chi connectivity index (χ1) is 13.3. The second-order valence-corrected chi connectivity index (χ2v) is 8.12. The van der Waals surface area contributed by atoms with Crippen LogP contribution in [0, 0.1) is 11.8 Å². The maximum absolute atomic E-state index is 10.6. The van der Waals surface area contributed by atoms with E-state index >= 15 is 0 Å². The summed E-state index contributed by atoms with van der Waals surface area (Å²) in [6.07, 6.45) is 9.63. The van der Waals surface area contributed by atoms with Gasteiger partial charge in [0.15, 0.2) is 0 Å². The molecule has 0 spiro atoms. The van der Waals surface area contributed by atoms with Crippen LogP contribution >= 0.6 is 0 Å². The minimum absolute atomic E-state index is 0.353. The molecule has 0 saturated heterocycles. The second-order valence-electron chi connectivity index (χ2n) is 8.12. The van der Waals surface area contributed by atoms with Gasteiger partial charge in [0, 0.05) is 12.0 Å². The molecule has 0 aromatic carbocycles. The first kappa shape index (κ1) is 27.1. The molecule has 0 heterocycles. The third-order valence-corrected chi connectivity index (χ3v) is 5.64. The van der Waals surface area contributed by atoms with Gasteiger partial charge in [0.2, 0.25) is 0 Å². The Kier molecular flexibility index (Phi) is 14.5. The molecule has 0 fully saturated rings. The van der Waals surface area contributed by atoms with E-state index in [2.05, 4.69) is 39.5 Å². The maximum atomic E-state index is 10.6. The minimum atomic E-state index is -0.807. The van der Waals surface area contributed by atoms with E-state index in [0.29, 0.717) is 30.9 Å². The van der Waals surface area contributed by atoms with Crippen molar-refractivity contribution in [1.29, 1.82) is 0 Å². The molecule has 0 rings (SSSR count). The van der Waals surface area contributed by atoms with Crippen molar-refractivity contribution in [2.24, 2.45) is 23.3 Å². The highest BCUT2D eigenvalue weighted by Crippen LogP contribution is 2.29. The van der Waals surface area contributed by atoms with Crippen LogP contribution in [0.15, 0.2) is 35.5 Å². The average molecular weight is 395 g/mol. The van der Waals surface area contributed by atoms with Crippen molar-refractivity contribution < 1.29 is 10.2 Å². The zero-order chi connectivity index (χ0) is 21.7. The Morgan fingerprint density at radius 2 is 1.68 bits per heavy atom. The molecule has 4 heteroatoms. The van der Waals surface area contributed by atoms with E-state index in [1.807, 2.05) is 6.92 Å². The molecule has 28 heavy (non-hydrogen) atoms. The van der Waals surface area contributed by atoms with E-state index in [-0.39, 0.29) is 6.04 Å². The van der Waals surface area contributed by atoms with E-state index in [4.69, 9.17) is 11.5 Å². The van der Waals surface area contributed by atoms with E-state index in [0.717, 1.165) is 19.3 Å². The van der Waals surface area contributed by atoms with Gasteiger partial charge in [-0.15, -0.1) is 0 Å². The first-order valence-electron chi connectivity index (χ1n) is 11.1. The maximum Gasteiger partial charge on any atom is 0.0812 e. The van der Waals surface area contributed by atoms with Crippen LogP contribution in [0.25, 0.3) is 0 Å². The molecular formula is C24H46N2O2. The molecule has 0 aliphatic carbocycles. The number of hydrogen-bond acceptors (Lipinski definition) is 4. The number of hydrogen-bond donors (Lipinski definition) is 4. The molecule has 0 amide bonds. The molecule has 4 nitrogen and oxygen atoms in total. The Morgan fingerprint density at radius 1 is 1.11 bits per heavy atom. The van der Waals surface area contributed by atoms with Crippen molar-refractivity contribution in [1.82, 2.24) is 0 Å². The lowest BCUT2D eigenvalue weighted by Gasteiger charge is -2.33. The van der Waals surface area contributed by atoms with Crippen LogP contribution in [0.2, 0.25) is 0 Å². The number of allylic oxidation sites excluding steroid dienone is 3. The summed E-state index contributed by atoms with van der Waals surface area (Å²) in [5.41, 5.74) is 15.6. The fourth-order valence-corrected chi connectivity index (χ4v) is 4.04. The standard InChI is InChI=1S/C24H46N2O2/c1-7-11-20(12-8-2)19(9-3)15-18(13-14-25)16-21(26)23(22(27)10-4)24(28)17(5)6/h9,15,20-24,27-28H,5,7-8,10-14,16,25-26H2,1-4,6H3/b18-15+,19-9+/t21?,22-,23?,24+/m1/s1. The highest BCUT2D eigenvalue weighted by Gasteiger charge is 2.32. The number of rotatable bonds is 15. The summed E-state index contributed by atoms with van der Waals surface area (Å²) in [5.74, 6) is 0.127. The smallest absolute Gasteiger partial charge is 0.0812 e. The van der Waals surface area contributed by atoms with Gasteiger partial charge in [0.25, 0.3) is 0 Å². The predicted octanol–water partition coefficient (Wildman–Crippen LogP) is 4.47. The molecule has 6 N–H and O–H groups in total. The molecule has 0 aromatic rings. The lowest BCUT2D eigenvalue weighted by Crippen LogP contribution is -2.45. The predicted molar refractivity (Wildman–Crippen MR) is 122 cm³/mol. The van der Waals surface area contributed by atoms with Crippen LogP contribution in [-0.2, 0) is 0 Å². The summed E-state index contributed by atoms with van der Waals surface area (Å²) in [7, 11) is 0. The molecule has 0 aliphatic rings. The Bertz CT molecular complexity index is 493. The van der Waals surface area contributed by atoms with E-state index in [1.54, 1.807) is 6.92 Å². The van der Waals surface area contributed by atoms with Crippen LogP contribution in [0.3, 0.4) is 0 Å². The molecule has 0 bridgehead atoms. The van der Waals surface area contributed by atoms with Crippen molar-refractivity contribution >= 4 is 0 Å². The van der Waals surface area contributed by atoms with Gasteiger partial charge in [0.05, 0.1) is 12.2 Å². The highest BCUT2D eigenvalue weighted by atomic mass is 16.3. The third-order valence-electron chi connectivity index (χ3n) is 5.64. The van der Waals surface area contributed by atoms with E-state index < -0.39 is 18.1 Å². The molecule has 0 radical (unpaired) electrons. The van der Waals surface area contributed by atoms with Gasteiger partial charge in [0.1, 0.15) is 0 Å². The molecule has 0 saturated carbocycles. The van der Waals surface area contributed by atoms with Gasteiger partial charge >= 0.3 is 0 Å². The molecule has 0 aliphatic heterocycles. The largest absolute Gasteiger partial charge is 0.393 e.